The molecular formula is C21H30N4O3. The molecule has 1 amide bonds. The Morgan fingerprint density at radius 3 is 2.64 bits per heavy atom. The molecule has 7 heteroatoms. The van der Waals surface area contributed by atoms with E-state index >= 15 is 0 Å². The fourth-order valence-corrected chi connectivity index (χ4v) is 3.01. The molecule has 0 bridgehead atoms. The van der Waals surface area contributed by atoms with Crippen molar-refractivity contribution in [1.29, 1.82) is 0 Å². The molecule has 28 heavy (non-hydrogen) atoms. The monoisotopic (exact) mass is 386 g/mol. The third-order valence-electron chi connectivity index (χ3n) is 4.45. The molecule has 0 aliphatic rings. The Labute approximate surface area is 166 Å². The van der Waals surface area contributed by atoms with Gasteiger partial charge in [-0.15, -0.1) is 0 Å². The molecular weight excluding hydrogens is 356 g/mol. The van der Waals surface area contributed by atoms with Crippen LogP contribution >= 0.6 is 0 Å². The van der Waals surface area contributed by atoms with Gasteiger partial charge in [-0.25, -0.2) is 9.48 Å². The van der Waals surface area contributed by atoms with Crippen LogP contribution in [-0.4, -0.2) is 38.9 Å². The van der Waals surface area contributed by atoms with Gasteiger partial charge in [0.2, 0.25) is 0 Å². The van der Waals surface area contributed by atoms with Gasteiger partial charge in [0.05, 0.1) is 6.20 Å². The standard InChI is InChI=1S/C21H30N4O3/c1-7-11-22-21(27)17(6)28-20(26)9-8-18-13-15(4)24(16(18)5)19-10-12-23-25(19)14(2)3/h8-10,12-14,17H,7,11H2,1-6H3,(H,22,27)/b9-8+/t17-/m1/s1. The second-order valence-corrected chi connectivity index (χ2v) is 7.09. The quantitative estimate of drug-likeness (QED) is 0.557. The summed E-state index contributed by atoms with van der Waals surface area (Å²) in [5.74, 6) is 0.147. The minimum absolute atomic E-state index is 0.237. The summed E-state index contributed by atoms with van der Waals surface area (Å²) in [6, 6.07) is 4.22. The number of nitrogens with zero attached hydrogens (tertiary/aromatic N) is 3. The van der Waals surface area contributed by atoms with E-state index in [4.69, 9.17) is 4.74 Å². The predicted molar refractivity (Wildman–Crippen MR) is 109 cm³/mol. The fourth-order valence-electron chi connectivity index (χ4n) is 3.01. The van der Waals surface area contributed by atoms with Crippen molar-refractivity contribution in [2.45, 2.75) is 60.1 Å². The van der Waals surface area contributed by atoms with Crippen molar-refractivity contribution in [3.05, 3.63) is 41.4 Å². The number of aryl methyl sites for hydroxylation is 1. The zero-order chi connectivity index (χ0) is 20.8. The summed E-state index contributed by atoms with van der Waals surface area (Å²) in [6.07, 6.45) is 4.86. The second kappa shape index (κ2) is 9.39. The summed E-state index contributed by atoms with van der Waals surface area (Å²) >= 11 is 0. The topological polar surface area (TPSA) is 78.2 Å². The molecule has 0 saturated carbocycles. The molecule has 2 rings (SSSR count). The van der Waals surface area contributed by atoms with E-state index in [1.54, 1.807) is 19.2 Å². The molecule has 1 atom stereocenters. The number of ether oxygens (including phenoxy) is 1. The minimum atomic E-state index is -0.823. The molecule has 0 saturated heterocycles. The van der Waals surface area contributed by atoms with E-state index in [2.05, 4.69) is 28.8 Å². The SMILES string of the molecule is CCCNC(=O)[C@@H](C)OC(=O)/C=C/c1cc(C)n(-c2ccnn2C(C)C)c1C. The molecule has 0 aromatic carbocycles. The highest BCUT2D eigenvalue weighted by Crippen LogP contribution is 2.23. The first-order valence-electron chi connectivity index (χ1n) is 9.65. The first kappa shape index (κ1) is 21.5. The average molecular weight is 386 g/mol. The van der Waals surface area contributed by atoms with Crippen molar-refractivity contribution >= 4 is 18.0 Å². The van der Waals surface area contributed by atoms with Gasteiger partial charge >= 0.3 is 5.97 Å². The number of hydrogen-bond donors (Lipinski definition) is 1. The van der Waals surface area contributed by atoms with E-state index in [1.165, 1.54) is 6.08 Å². The zero-order valence-electron chi connectivity index (χ0n) is 17.5. The lowest BCUT2D eigenvalue weighted by Crippen LogP contribution is -2.35. The van der Waals surface area contributed by atoms with Gasteiger partial charge < -0.3 is 14.6 Å². The Morgan fingerprint density at radius 2 is 2.00 bits per heavy atom. The molecule has 0 aliphatic heterocycles. The Bertz CT molecular complexity index is 861. The van der Waals surface area contributed by atoms with Crippen molar-refractivity contribution < 1.29 is 14.3 Å². The number of hydrogen-bond acceptors (Lipinski definition) is 4. The lowest BCUT2D eigenvalue weighted by Gasteiger charge is -2.15. The van der Waals surface area contributed by atoms with E-state index < -0.39 is 12.1 Å². The largest absolute Gasteiger partial charge is 0.449 e. The van der Waals surface area contributed by atoms with Crippen LogP contribution in [-0.2, 0) is 14.3 Å². The number of carbonyl (C=O) groups excluding carboxylic acids is 2. The molecule has 2 aromatic heterocycles. The van der Waals surface area contributed by atoms with Gasteiger partial charge in [-0.1, -0.05) is 6.92 Å². The first-order chi connectivity index (χ1) is 13.3. The van der Waals surface area contributed by atoms with Crippen LogP contribution in [0, 0.1) is 13.8 Å². The average Bonchev–Trinajstić information content (AvgIpc) is 3.22. The predicted octanol–water partition coefficient (Wildman–Crippen LogP) is 3.34. The zero-order valence-corrected chi connectivity index (χ0v) is 17.5. The molecule has 0 spiro atoms. The van der Waals surface area contributed by atoms with E-state index in [1.807, 2.05) is 37.6 Å². The summed E-state index contributed by atoms with van der Waals surface area (Å²) in [5.41, 5.74) is 2.95. The number of esters is 1. The Balaban J connectivity index is 2.14. The highest BCUT2D eigenvalue weighted by Gasteiger charge is 2.17. The van der Waals surface area contributed by atoms with Crippen LogP contribution in [0.25, 0.3) is 11.9 Å². The van der Waals surface area contributed by atoms with Gasteiger partial charge in [-0.3, -0.25) is 4.79 Å². The van der Waals surface area contributed by atoms with Crippen LogP contribution in [0.2, 0.25) is 0 Å². The van der Waals surface area contributed by atoms with Crippen LogP contribution < -0.4 is 5.32 Å². The second-order valence-electron chi connectivity index (χ2n) is 7.09. The van der Waals surface area contributed by atoms with Crippen LogP contribution in [0.1, 0.15) is 57.1 Å². The lowest BCUT2D eigenvalue weighted by atomic mass is 10.2. The van der Waals surface area contributed by atoms with Gasteiger partial charge in [-0.05, 0) is 58.7 Å². The summed E-state index contributed by atoms with van der Waals surface area (Å²) in [6.45, 7) is 12.3. The van der Waals surface area contributed by atoms with Crippen LogP contribution in [0.5, 0.6) is 0 Å². The third-order valence-corrected chi connectivity index (χ3v) is 4.45. The Morgan fingerprint density at radius 1 is 1.29 bits per heavy atom. The number of nitrogens with one attached hydrogen (secondary N) is 1. The van der Waals surface area contributed by atoms with Gasteiger partial charge in [-0.2, -0.15) is 5.10 Å². The number of carbonyl (C=O) groups is 2. The van der Waals surface area contributed by atoms with Gasteiger partial charge in [0, 0.05) is 36.1 Å². The van der Waals surface area contributed by atoms with Gasteiger partial charge in [0.1, 0.15) is 5.82 Å². The van der Waals surface area contributed by atoms with Gasteiger partial charge in [0.15, 0.2) is 6.10 Å². The van der Waals surface area contributed by atoms with Crippen molar-refractivity contribution in [3.8, 4) is 5.82 Å². The maximum absolute atomic E-state index is 12.1. The summed E-state index contributed by atoms with van der Waals surface area (Å²) in [4.78, 5) is 23.9. The van der Waals surface area contributed by atoms with Crippen molar-refractivity contribution in [2.24, 2.45) is 0 Å². The highest BCUT2D eigenvalue weighted by atomic mass is 16.5. The number of aromatic nitrogens is 3. The minimum Gasteiger partial charge on any atom is -0.449 e. The first-order valence-corrected chi connectivity index (χ1v) is 9.65. The van der Waals surface area contributed by atoms with E-state index in [-0.39, 0.29) is 11.9 Å². The summed E-state index contributed by atoms with van der Waals surface area (Å²) in [5, 5.41) is 7.10. The van der Waals surface area contributed by atoms with Gasteiger partial charge in [0.25, 0.3) is 5.91 Å². The van der Waals surface area contributed by atoms with Crippen molar-refractivity contribution in [1.82, 2.24) is 19.7 Å². The molecule has 1 N–H and O–H groups in total. The van der Waals surface area contributed by atoms with E-state index in [0.717, 1.165) is 29.2 Å². The molecule has 0 aliphatic carbocycles. The molecule has 0 fully saturated rings. The third kappa shape index (κ3) is 4.91. The maximum atomic E-state index is 12.1. The molecule has 152 valence electrons. The van der Waals surface area contributed by atoms with Crippen LogP contribution in [0.15, 0.2) is 24.4 Å². The molecule has 2 aromatic rings. The Kier molecular flexibility index (Phi) is 7.20. The highest BCUT2D eigenvalue weighted by molar-refractivity contribution is 5.90. The molecule has 2 heterocycles. The van der Waals surface area contributed by atoms with Crippen LogP contribution in [0.4, 0.5) is 0 Å². The number of amides is 1. The fraction of sp³-hybridized carbons (Fsp3) is 0.476. The lowest BCUT2D eigenvalue weighted by molar-refractivity contribution is -0.150. The summed E-state index contributed by atoms with van der Waals surface area (Å²) < 4.78 is 9.24. The Hall–Kier alpha value is -2.83. The molecule has 7 nitrogen and oxygen atoms in total. The van der Waals surface area contributed by atoms with Crippen LogP contribution in [0.3, 0.4) is 0 Å². The maximum Gasteiger partial charge on any atom is 0.331 e. The molecule has 0 radical (unpaired) electrons. The molecule has 0 unspecified atom stereocenters. The number of rotatable bonds is 8. The van der Waals surface area contributed by atoms with Crippen molar-refractivity contribution in [2.75, 3.05) is 6.54 Å². The van der Waals surface area contributed by atoms with E-state index in [0.29, 0.717) is 6.54 Å². The summed E-state index contributed by atoms with van der Waals surface area (Å²) in [7, 11) is 0. The normalized spacial score (nSPS) is 12.5. The van der Waals surface area contributed by atoms with Crippen molar-refractivity contribution in [3.63, 3.8) is 0 Å². The van der Waals surface area contributed by atoms with E-state index in [9.17, 15) is 9.59 Å². The smallest absolute Gasteiger partial charge is 0.331 e.